The maximum Gasteiger partial charge on any atom is 0.315 e. The summed E-state index contributed by atoms with van der Waals surface area (Å²) in [6, 6.07) is 1.96. The molecule has 1 N–H and O–H groups in total. The van der Waals surface area contributed by atoms with E-state index in [1.807, 2.05) is 13.8 Å². The molecule has 0 saturated heterocycles. The van der Waals surface area contributed by atoms with Crippen molar-refractivity contribution in [3.05, 3.63) is 32.5 Å². The number of aliphatic hydroxyl groups excluding tert-OH is 1. The standard InChI is InChI=1S/C13H15BrFNO4/c1-3-13(2)10(17)6-11(13)20-12-8(14)4-7(15)5-9(12)16(18)19/h4-5,10-11,17H,3,6H2,1-2H3. The van der Waals surface area contributed by atoms with Gasteiger partial charge in [0.15, 0.2) is 0 Å². The van der Waals surface area contributed by atoms with Crippen LogP contribution in [0, 0.1) is 21.3 Å². The number of aliphatic hydroxyl groups is 1. The van der Waals surface area contributed by atoms with Crippen LogP contribution in [0.25, 0.3) is 0 Å². The van der Waals surface area contributed by atoms with Gasteiger partial charge in [0, 0.05) is 11.8 Å². The number of ether oxygens (including phenoxy) is 1. The second kappa shape index (κ2) is 5.29. The summed E-state index contributed by atoms with van der Waals surface area (Å²) in [5.41, 5.74) is -0.862. The van der Waals surface area contributed by atoms with E-state index in [4.69, 9.17) is 4.74 Å². The maximum atomic E-state index is 13.3. The predicted molar refractivity (Wildman–Crippen MR) is 74.2 cm³/mol. The summed E-state index contributed by atoms with van der Waals surface area (Å²) in [5.74, 6) is -0.698. The van der Waals surface area contributed by atoms with Gasteiger partial charge in [-0.25, -0.2) is 4.39 Å². The maximum absolute atomic E-state index is 13.3. The number of nitro benzene ring substituents is 1. The summed E-state index contributed by atoms with van der Waals surface area (Å²) in [6.45, 7) is 3.79. The monoisotopic (exact) mass is 347 g/mol. The van der Waals surface area contributed by atoms with Crippen LogP contribution in [0.3, 0.4) is 0 Å². The quantitative estimate of drug-likeness (QED) is 0.668. The van der Waals surface area contributed by atoms with Gasteiger partial charge in [-0.05, 0) is 28.4 Å². The Balaban J connectivity index is 2.33. The molecule has 1 fully saturated rings. The third kappa shape index (κ3) is 2.40. The molecule has 7 heteroatoms. The molecular weight excluding hydrogens is 333 g/mol. The number of benzene rings is 1. The second-order valence-electron chi connectivity index (χ2n) is 5.21. The fourth-order valence-corrected chi connectivity index (χ4v) is 2.90. The van der Waals surface area contributed by atoms with Crippen molar-refractivity contribution >= 4 is 21.6 Å². The normalized spacial score (nSPS) is 28.9. The van der Waals surface area contributed by atoms with Crippen LogP contribution in [-0.2, 0) is 0 Å². The SMILES string of the molecule is CCC1(C)C(O)CC1Oc1c(Br)cc(F)cc1[N+](=O)[O-]. The van der Waals surface area contributed by atoms with Gasteiger partial charge in [0.2, 0.25) is 5.75 Å². The van der Waals surface area contributed by atoms with E-state index in [2.05, 4.69) is 15.9 Å². The van der Waals surface area contributed by atoms with Gasteiger partial charge in [0.25, 0.3) is 0 Å². The Morgan fingerprint density at radius 2 is 2.30 bits per heavy atom. The van der Waals surface area contributed by atoms with Gasteiger partial charge < -0.3 is 9.84 Å². The molecule has 0 bridgehead atoms. The van der Waals surface area contributed by atoms with Crippen LogP contribution in [0.1, 0.15) is 26.7 Å². The molecule has 3 unspecified atom stereocenters. The van der Waals surface area contributed by atoms with E-state index < -0.39 is 27.9 Å². The minimum Gasteiger partial charge on any atom is -0.482 e. The molecule has 0 spiro atoms. The van der Waals surface area contributed by atoms with Crippen molar-refractivity contribution < 1.29 is 19.2 Å². The van der Waals surface area contributed by atoms with Crippen molar-refractivity contribution in [3.8, 4) is 5.75 Å². The summed E-state index contributed by atoms with van der Waals surface area (Å²) in [7, 11) is 0. The van der Waals surface area contributed by atoms with Crippen LogP contribution in [0.15, 0.2) is 16.6 Å². The molecule has 0 radical (unpaired) electrons. The van der Waals surface area contributed by atoms with Crippen LogP contribution in [0.4, 0.5) is 10.1 Å². The highest BCUT2D eigenvalue weighted by Gasteiger charge is 2.52. The van der Waals surface area contributed by atoms with Crippen molar-refractivity contribution in [1.82, 2.24) is 0 Å². The zero-order valence-electron chi connectivity index (χ0n) is 11.1. The third-order valence-electron chi connectivity index (χ3n) is 4.14. The Kier molecular flexibility index (Phi) is 4.02. The molecule has 1 aliphatic carbocycles. The fraction of sp³-hybridized carbons (Fsp3) is 0.538. The van der Waals surface area contributed by atoms with Crippen molar-refractivity contribution in [2.24, 2.45) is 5.41 Å². The topological polar surface area (TPSA) is 72.6 Å². The lowest BCUT2D eigenvalue weighted by Crippen LogP contribution is -2.57. The lowest BCUT2D eigenvalue weighted by atomic mass is 9.63. The Bertz CT molecular complexity index is 553. The van der Waals surface area contributed by atoms with Crippen LogP contribution in [0.5, 0.6) is 5.75 Å². The van der Waals surface area contributed by atoms with E-state index in [1.54, 1.807) is 0 Å². The summed E-state index contributed by atoms with van der Waals surface area (Å²) >= 11 is 3.09. The largest absolute Gasteiger partial charge is 0.482 e. The number of nitrogens with zero attached hydrogens (tertiary/aromatic N) is 1. The third-order valence-corrected chi connectivity index (χ3v) is 4.73. The smallest absolute Gasteiger partial charge is 0.315 e. The van der Waals surface area contributed by atoms with E-state index in [0.29, 0.717) is 12.8 Å². The first-order valence-corrected chi connectivity index (χ1v) is 7.07. The number of nitro groups is 1. The number of hydrogen-bond acceptors (Lipinski definition) is 4. The van der Waals surface area contributed by atoms with E-state index >= 15 is 0 Å². The average molecular weight is 348 g/mol. The Labute approximate surface area is 124 Å². The zero-order valence-corrected chi connectivity index (χ0v) is 12.7. The molecule has 20 heavy (non-hydrogen) atoms. The Hall–Kier alpha value is -1.21. The summed E-state index contributed by atoms with van der Waals surface area (Å²) in [5, 5.41) is 20.8. The molecule has 1 aromatic carbocycles. The number of hydrogen-bond donors (Lipinski definition) is 1. The summed E-state index contributed by atoms with van der Waals surface area (Å²) < 4.78 is 19.1. The molecule has 3 atom stereocenters. The Morgan fingerprint density at radius 3 is 2.80 bits per heavy atom. The molecule has 1 saturated carbocycles. The van der Waals surface area contributed by atoms with Gasteiger partial charge in [-0.2, -0.15) is 0 Å². The fourth-order valence-electron chi connectivity index (χ4n) is 2.38. The minimum absolute atomic E-state index is 0.00738. The van der Waals surface area contributed by atoms with Crippen molar-refractivity contribution in [2.45, 2.75) is 38.9 Å². The van der Waals surface area contributed by atoms with Gasteiger partial charge in [-0.15, -0.1) is 0 Å². The zero-order chi connectivity index (χ0) is 15.1. The van der Waals surface area contributed by atoms with Crippen LogP contribution < -0.4 is 4.74 Å². The van der Waals surface area contributed by atoms with E-state index in [1.165, 1.54) is 0 Å². The first-order valence-electron chi connectivity index (χ1n) is 6.27. The molecule has 0 aromatic heterocycles. The second-order valence-corrected chi connectivity index (χ2v) is 6.06. The van der Waals surface area contributed by atoms with E-state index in [0.717, 1.165) is 12.1 Å². The lowest BCUT2D eigenvalue weighted by Gasteiger charge is -2.50. The lowest BCUT2D eigenvalue weighted by molar-refractivity contribution is -0.386. The van der Waals surface area contributed by atoms with Gasteiger partial charge in [-0.1, -0.05) is 13.8 Å². The average Bonchev–Trinajstić information content (AvgIpc) is 2.38. The predicted octanol–water partition coefficient (Wildman–Crippen LogP) is 3.42. The molecule has 1 aliphatic rings. The molecule has 0 heterocycles. The highest BCUT2D eigenvalue weighted by molar-refractivity contribution is 9.10. The molecule has 2 rings (SSSR count). The highest BCUT2D eigenvalue weighted by Crippen LogP contribution is 2.48. The summed E-state index contributed by atoms with van der Waals surface area (Å²) in [4.78, 5) is 10.3. The highest BCUT2D eigenvalue weighted by atomic mass is 79.9. The van der Waals surface area contributed by atoms with Crippen LogP contribution >= 0.6 is 15.9 Å². The van der Waals surface area contributed by atoms with Crippen LogP contribution in [-0.4, -0.2) is 22.2 Å². The van der Waals surface area contributed by atoms with E-state index in [-0.39, 0.29) is 16.3 Å². The molecule has 1 aromatic rings. The first kappa shape index (κ1) is 15.2. The molecule has 0 amide bonds. The van der Waals surface area contributed by atoms with Gasteiger partial charge in [0.05, 0.1) is 21.6 Å². The van der Waals surface area contributed by atoms with E-state index in [9.17, 15) is 19.6 Å². The Morgan fingerprint density at radius 1 is 1.65 bits per heavy atom. The molecule has 5 nitrogen and oxygen atoms in total. The van der Waals surface area contributed by atoms with Crippen molar-refractivity contribution in [3.63, 3.8) is 0 Å². The number of halogens is 2. The minimum atomic E-state index is -0.706. The van der Waals surface area contributed by atoms with Crippen LogP contribution in [0.2, 0.25) is 0 Å². The molecule has 110 valence electrons. The van der Waals surface area contributed by atoms with Crippen molar-refractivity contribution in [2.75, 3.05) is 0 Å². The van der Waals surface area contributed by atoms with Gasteiger partial charge >= 0.3 is 5.69 Å². The van der Waals surface area contributed by atoms with Crippen molar-refractivity contribution in [1.29, 1.82) is 0 Å². The summed E-state index contributed by atoms with van der Waals surface area (Å²) in [6.07, 6.45) is 0.273. The van der Waals surface area contributed by atoms with Gasteiger partial charge in [0.1, 0.15) is 11.9 Å². The molecular formula is C13H15BrFNO4. The first-order chi connectivity index (χ1) is 9.29. The number of rotatable bonds is 4. The molecule has 0 aliphatic heterocycles. The van der Waals surface area contributed by atoms with Gasteiger partial charge in [-0.3, -0.25) is 10.1 Å².